The van der Waals surface area contributed by atoms with E-state index in [1.165, 1.54) is 167 Å². The summed E-state index contributed by atoms with van der Waals surface area (Å²) in [6.07, 6.45) is 65.3. The summed E-state index contributed by atoms with van der Waals surface area (Å²) in [6, 6.07) is 0. The standard InChI is InChI=1S/C59H106O6/c1-4-7-10-13-16-19-22-25-28-29-30-32-34-37-40-43-46-49-52-58(61)64-55-56(54-63-57(60)51-48-45-42-39-36-33-27-24-21-18-15-12-9-6-3)65-59(62)53-50-47-44-41-38-35-31-26-23-20-17-14-11-8-5-2/h9,12,17-18,20-21,23,26,56H,4-8,10-11,13-16,19,22,24-25,27-55H2,1-3H3/b12-9-,20-17-,21-18-,26-23-. The Bertz CT molecular complexity index is 1140. The monoisotopic (exact) mass is 911 g/mol. The Labute approximate surface area is 403 Å². The quantitative estimate of drug-likeness (QED) is 0.0199. The highest BCUT2D eigenvalue weighted by Gasteiger charge is 2.19. The highest BCUT2D eigenvalue weighted by Crippen LogP contribution is 2.16. The highest BCUT2D eigenvalue weighted by molar-refractivity contribution is 5.71. The summed E-state index contributed by atoms with van der Waals surface area (Å²) < 4.78 is 16.8. The molecule has 0 bridgehead atoms. The van der Waals surface area contributed by atoms with E-state index in [4.69, 9.17) is 14.2 Å². The van der Waals surface area contributed by atoms with Crippen molar-refractivity contribution in [3.8, 4) is 0 Å². The number of esters is 3. The SMILES string of the molecule is CC/C=C\C/C=C\CCCCCCCCCC(=O)OCC(COC(=O)CCCCCCCCCCCCCCCCCCCC)OC(=O)CCCCCCCC/C=C\C=C/CCCCC. The molecular weight excluding hydrogens is 805 g/mol. The molecule has 65 heavy (non-hydrogen) atoms. The third-order valence-electron chi connectivity index (χ3n) is 12.3. The van der Waals surface area contributed by atoms with Gasteiger partial charge >= 0.3 is 17.9 Å². The molecular formula is C59H106O6. The van der Waals surface area contributed by atoms with Gasteiger partial charge in [-0.05, 0) is 70.6 Å². The molecule has 0 aromatic heterocycles. The first-order chi connectivity index (χ1) is 32.0. The average molecular weight is 911 g/mol. The van der Waals surface area contributed by atoms with Crippen molar-refractivity contribution in [1.29, 1.82) is 0 Å². The molecule has 0 amide bonds. The maximum atomic E-state index is 12.8. The van der Waals surface area contributed by atoms with Crippen LogP contribution in [-0.2, 0) is 28.6 Å². The number of carbonyl (C=O) groups is 3. The molecule has 0 aliphatic heterocycles. The van der Waals surface area contributed by atoms with Crippen LogP contribution in [0.1, 0.15) is 290 Å². The summed E-state index contributed by atoms with van der Waals surface area (Å²) in [5.41, 5.74) is 0. The maximum Gasteiger partial charge on any atom is 0.306 e. The lowest BCUT2D eigenvalue weighted by atomic mass is 10.0. The maximum absolute atomic E-state index is 12.8. The smallest absolute Gasteiger partial charge is 0.306 e. The minimum atomic E-state index is -0.780. The van der Waals surface area contributed by atoms with Gasteiger partial charge in [-0.15, -0.1) is 0 Å². The highest BCUT2D eigenvalue weighted by atomic mass is 16.6. The summed E-state index contributed by atoms with van der Waals surface area (Å²) >= 11 is 0. The van der Waals surface area contributed by atoms with Gasteiger partial charge in [0.05, 0.1) is 0 Å². The van der Waals surface area contributed by atoms with Crippen molar-refractivity contribution in [2.45, 2.75) is 297 Å². The van der Waals surface area contributed by atoms with Gasteiger partial charge in [0.15, 0.2) is 6.10 Å². The zero-order valence-corrected chi connectivity index (χ0v) is 43.3. The van der Waals surface area contributed by atoms with Crippen molar-refractivity contribution >= 4 is 17.9 Å². The first-order valence-corrected chi connectivity index (χ1v) is 28.2. The number of allylic oxidation sites excluding steroid dienone is 8. The van der Waals surface area contributed by atoms with Crippen LogP contribution in [0.3, 0.4) is 0 Å². The molecule has 0 aromatic carbocycles. The number of hydrogen-bond acceptors (Lipinski definition) is 6. The van der Waals surface area contributed by atoms with Crippen LogP contribution in [0.4, 0.5) is 0 Å². The van der Waals surface area contributed by atoms with E-state index < -0.39 is 6.10 Å². The molecule has 1 atom stereocenters. The Morgan fingerprint density at radius 2 is 0.646 bits per heavy atom. The normalized spacial score (nSPS) is 12.4. The van der Waals surface area contributed by atoms with E-state index in [9.17, 15) is 14.4 Å². The molecule has 6 nitrogen and oxygen atoms in total. The Morgan fingerprint density at radius 1 is 0.338 bits per heavy atom. The van der Waals surface area contributed by atoms with Crippen molar-refractivity contribution in [2.24, 2.45) is 0 Å². The molecule has 0 radical (unpaired) electrons. The van der Waals surface area contributed by atoms with Crippen LogP contribution in [0.2, 0.25) is 0 Å². The Hall–Kier alpha value is -2.63. The van der Waals surface area contributed by atoms with Crippen molar-refractivity contribution in [2.75, 3.05) is 13.2 Å². The second-order valence-electron chi connectivity index (χ2n) is 18.9. The molecule has 1 unspecified atom stereocenters. The lowest BCUT2D eigenvalue weighted by Gasteiger charge is -2.18. The van der Waals surface area contributed by atoms with E-state index >= 15 is 0 Å². The topological polar surface area (TPSA) is 78.9 Å². The van der Waals surface area contributed by atoms with Crippen LogP contribution in [0, 0.1) is 0 Å². The van der Waals surface area contributed by atoms with Crippen LogP contribution in [0.5, 0.6) is 0 Å². The summed E-state index contributed by atoms with van der Waals surface area (Å²) in [7, 11) is 0. The van der Waals surface area contributed by atoms with E-state index in [1.807, 2.05) is 0 Å². The molecule has 0 aromatic rings. The Balaban J connectivity index is 4.35. The van der Waals surface area contributed by atoms with Crippen LogP contribution in [0.15, 0.2) is 48.6 Å². The number of unbranched alkanes of at least 4 members (excludes halogenated alkanes) is 33. The first-order valence-electron chi connectivity index (χ1n) is 28.2. The van der Waals surface area contributed by atoms with Gasteiger partial charge in [0.2, 0.25) is 0 Å². The lowest BCUT2D eigenvalue weighted by molar-refractivity contribution is -0.167. The van der Waals surface area contributed by atoms with Gasteiger partial charge in [0.1, 0.15) is 13.2 Å². The van der Waals surface area contributed by atoms with Crippen LogP contribution < -0.4 is 0 Å². The molecule has 0 saturated carbocycles. The van der Waals surface area contributed by atoms with Crippen molar-refractivity contribution in [3.63, 3.8) is 0 Å². The van der Waals surface area contributed by atoms with Crippen molar-refractivity contribution < 1.29 is 28.6 Å². The van der Waals surface area contributed by atoms with Crippen molar-refractivity contribution in [1.82, 2.24) is 0 Å². The molecule has 0 heterocycles. The molecule has 0 aliphatic carbocycles. The third kappa shape index (κ3) is 52.2. The van der Waals surface area contributed by atoms with Gasteiger partial charge in [0.25, 0.3) is 0 Å². The molecule has 0 fully saturated rings. The van der Waals surface area contributed by atoms with Crippen LogP contribution >= 0.6 is 0 Å². The summed E-state index contributed by atoms with van der Waals surface area (Å²) in [5.74, 6) is -0.885. The predicted molar refractivity (Wildman–Crippen MR) is 279 cm³/mol. The second kappa shape index (κ2) is 54.0. The molecule has 0 N–H and O–H groups in total. The van der Waals surface area contributed by atoms with Gasteiger partial charge < -0.3 is 14.2 Å². The molecule has 0 rings (SSSR count). The van der Waals surface area contributed by atoms with E-state index in [1.54, 1.807) is 0 Å². The molecule has 6 heteroatoms. The Morgan fingerprint density at radius 3 is 1.05 bits per heavy atom. The van der Waals surface area contributed by atoms with Gasteiger partial charge in [-0.3, -0.25) is 14.4 Å². The first kappa shape index (κ1) is 62.4. The number of ether oxygens (including phenoxy) is 3. The van der Waals surface area contributed by atoms with Crippen LogP contribution in [0.25, 0.3) is 0 Å². The Kier molecular flexibility index (Phi) is 51.8. The average Bonchev–Trinajstić information content (AvgIpc) is 3.30. The molecule has 0 aliphatic rings. The van der Waals surface area contributed by atoms with Gasteiger partial charge in [0, 0.05) is 19.3 Å². The largest absolute Gasteiger partial charge is 0.462 e. The fraction of sp³-hybridized carbons (Fsp3) is 0.814. The van der Waals surface area contributed by atoms with Gasteiger partial charge in [-0.2, -0.15) is 0 Å². The zero-order chi connectivity index (χ0) is 47.2. The summed E-state index contributed by atoms with van der Waals surface area (Å²) in [6.45, 7) is 6.52. The van der Waals surface area contributed by atoms with E-state index in [0.29, 0.717) is 19.3 Å². The van der Waals surface area contributed by atoms with E-state index in [0.717, 1.165) is 83.5 Å². The predicted octanol–water partition coefficient (Wildman–Crippen LogP) is 18.7. The van der Waals surface area contributed by atoms with Gasteiger partial charge in [-0.1, -0.05) is 249 Å². The van der Waals surface area contributed by atoms with Crippen molar-refractivity contribution in [3.05, 3.63) is 48.6 Å². The number of hydrogen-bond donors (Lipinski definition) is 0. The fourth-order valence-electron chi connectivity index (χ4n) is 8.12. The molecule has 0 saturated heterocycles. The molecule has 378 valence electrons. The minimum absolute atomic E-state index is 0.0777. The van der Waals surface area contributed by atoms with Crippen LogP contribution in [-0.4, -0.2) is 37.2 Å². The summed E-state index contributed by atoms with van der Waals surface area (Å²) in [5, 5.41) is 0. The van der Waals surface area contributed by atoms with Gasteiger partial charge in [-0.25, -0.2) is 0 Å². The van der Waals surface area contributed by atoms with E-state index in [2.05, 4.69) is 69.4 Å². The third-order valence-corrected chi connectivity index (χ3v) is 12.3. The minimum Gasteiger partial charge on any atom is -0.462 e. The number of carbonyl (C=O) groups excluding carboxylic acids is 3. The fourth-order valence-corrected chi connectivity index (χ4v) is 8.12. The number of rotatable bonds is 51. The molecule has 0 spiro atoms. The second-order valence-corrected chi connectivity index (χ2v) is 18.9. The summed E-state index contributed by atoms with van der Waals surface area (Å²) in [4.78, 5) is 38.1. The zero-order valence-electron chi connectivity index (χ0n) is 43.3. The lowest BCUT2D eigenvalue weighted by Crippen LogP contribution is -2.30. The van der Waals surface area contributed by atoms with E-state index in [-0.39, 0.29) is 31.1 Å².